The van der Waals surface area contributed by atoms with Crippen molar-refractivity contribution in [2.45, 2.75) is 51.7 Å². The van der Waals surface area contributed by atoms with E-state index in [1.807, 2.05) is 13.0 Å². The van der Waals surface area contributed by atoms with Crippen molar-refractivity contribution in [1.29, 1.82) is 0 Å². The van der Waals surface area contributed by atoms with Gasteiger partial charge in [0, 0.05) is 18.5 Å². The largest absolute Gasteiger partial charge is 0.504 e. The molecule has 1 aliphatic carbocycles. The summed E-state index contributed by atoms with van der Waals surface area (Å²) in [6.07, 6.45) is 0.900. The average molecular weight is 726 g/mol. The molecule has 50 heavy (non-hydrogen) atoms. The first-order valence-corrected chi connectivity index (χ1v) is 16.5. The van der Waals surface area contributed by atoms with Gasteiger partial charge >= 0.3 is 6.18 Å². The van der Waals surface area contributed by atoms with Crippen molar-refractivity contribution < 1.29 is 27.9 Å². The molecule has 258 valence electrons. The minimum Gasteiger partial charge on any atom is -0.504 e. The molecule has 1 fully saturated rings. The molecule has 13 nitrogen and oxygen atoms in total. The standard InChI is InChI=1S/C32H27ClF3N9O4S/c1-15-25(47)24(38-14-37-15)29(49)43-10-8-31(9-11-43)7-6-21-23(31)28(48)45-30(41-27(42-45)26-16(2)39-17(3)50-26)44(21)13-22(46)40-20-5-4-18(12-19(20)33)32(34,35)36/h4-7,12,14,47H,8-11,13H2,1-3H3,(H,40,46). The maximum atomic E-state index is 14.3. The molecule has 0 radical (unpaired) electrons. The number of aromatic nitrogens is 7. The van der Waals surface area contributed by atoms with Crippen LogP contribution in [0.4, 0.5) is 18.9 Å². The minimum absolute atomic E-state index is 0.0229. The number of carbonyl (C=O) groups is 2. The molecule has 1 aliphatic heterocycles. The number of amides is 2. The van der Waals surface area contributed by atoms with E-state index in [1.165, 1.54) is 22.2 Å². The van der Waals surface area contributed by atoms with Gasteiger partial charge in [0.05, 0.1) is 48.8 Å². The molecule has 2 N–H and O–H groups in total. The number of hydrogen-bond acceptors (Lipinski definition) is 10. The maximum absolute atomic E-state index is 14.3. The molecule has 2 aliphatic rings. The van der Waals surface area contributed by atoms with Gasteiger partial charge in [0.25, 0.3) is 11.5 Å². The zero-order valence-corrected chi connectivity index (χ0v) is 28.2. The molecule has 5 heterocycles. The summed E-state index contributed by atoms with van der Waals surface area (Å²) >= 11 is 7.47. The van der Waals surface area contributed by atoms with Crippen LogP contribution in [-0.2, 0) is 22.9 Å². The minimum atomic E-state index is -4.61. The van der Waals surface area contributed by atoms with Crippen LogP contribution in [0.1, 0.15) is 56.5 Å². The van der Waals surface area contributed by atoms with Crippen molar-refractivity contribution >= 4 is 52.3 Å². The van der Waals surface area contributed by atoms with Crippen molar-refractivity contribution in [3.05, 3.63) is 84.9 Å². The van der Waals surface area contributed by atoms with Crippen molar-refractivity contribution in [1.82, 2.24) is 39.0 Å². The highest BCUT2D eigenvalue weighted by molar-refractivity contribution is 7.15. The van der Waals surface area contributed by atoms with Gasteiger partial charge in [-0.15, -0.1) is 16.4 Å². The number of alkyl halides is 3. The molecule has 1 saturated heterocycles. The van der Waals surface area contributed by atoms with Gasteiger partial charge in [0.1, 0.15) is 12.9 Å². The number of nitrogens with one attached hydrogen (secondary N) is 1. The molecule has 1 spiro atoms. The Morgan fingerprint density at radius 3 is 2.50 bits per heavy atom. The third kappa shape index (κ3) is 5.59. The molecule has 0 atom stereocenters. The molecule has 2 amide bonds. The van der Waals surface area contributed by atoms with Gasteiger partial charge in [0.2, 0.25) is 11.7 Å². The third-order valence-electron chi connectivity index (χ3n) is 8.97. The van der Waals surface area contributed by atoms with Gasteiger partial charge in [0.15, 0.2) is 17.3 Å². The SMILES string of the molecule is Cc1nc(C)c(-c2nc3n(CC(=O)Nc4ccc(C(F)(F)F)cc4Cl)c4c(c(=O)n3n2)C2(C=C4)CCN(C(=O)c3ncnc(C)c3O)CC2)s1. The van der Waals surface area contributed by atoms with Crippen LogP contribution >= 0.6 is 22.9 Å². The number of benzene rings is 1. The predicted octanol–water partition coefficient (Wildman–Crippen LogP) is 4.95. The van der Waals surface area contributed by atoms with Crippen LogP contribution in [0.5, 0.6) is 5.75 Å². The van der Waals surface area contributed by atoms with E-state index in [4.69, 9.17) is 11.6 Å². The first-order chi connectivity index (χ1) is 23.7. The first kappa shape index (κ1) is 33.3. The van der Waals surface area contributed by atoms with Crippen LogP contribution in [-0.4, -0.2) is 69.0 Å². The first-order valence-electron chi connectivity index (χ1n) is 15.3. The normalized spacial score (nSPS) is 15.2. The summed E-state index contributed by atoms with van der Waals surface area (Å²) in [7, 11) is 0. The zero-order valence-electron chi connectivity index (χ0n) is 26.7. The Kier molecular flexibility index (Phi) is 8.01. The van der Waals surface area contributed by atoms with Crippen LogP contribution in [0.3, 0.4) is 0 Å². The molecule has 7 rings (SSSR count). The van der Waals surface area contributed by atoms with Crippen molar-refractivity contribution in [2.24, 2.45) is 0 Å². The second-order valence-corrected chi connectivity index (χ2v) is 13.7. The summed E-state index contributed by atoms with van der Waals surface area (Å²) in [5, 5.41) is 18.0. The van der Waals surface area contributed by atoms with E-state index in [0.717, 1.165) is 27.7 Å². The van der Waals surface area contributed by atoms with Crippen LogP contribution in [0.2, 0.25) is 5.02 Å². The summed E-state index contributed by atoms with van der Waals surface area (Å²) in [5.41, 5.74) is -0.631. The molecular weight excluding hydrogens is 699 g/mol. The predicted molar refractivity (Wildman–Crippen MR) is 177 cm³/mol. The Balaban J connectivity index is 1.26. The molecule has 1 aromatic carbocycles. The van der Waals surface area contributed by atoms with E-state index in [0.29, 0.717) is 34.7 Å². The van der Waals surface area contributed by atoms with Gasteiger partial charge < -0.3 is 19.9 Å². The van der Waals surface area contributed by atoms with Crippen molar-refractivity contribution in [3.8, 4) is 16.5 Å². The summed E-state index contributed by atoms with van der Waals surface area (Å²) in [6.45, 7) is 5.28. The number of aromatic hydroxyl groups is 1. The summed E-state index contributed by atoms with van der Waals surface area (Å²) in [5.74, 6) is -1.08. The number of rotatable bonds is 5. The van der Waals surface area contributed by atoms with E-state index < -0.39 is 34.5 Å². The lowest BCUT2D eigenvalue weighted by Crippen LogP contribution is -2.46. The van der Waals surface area contributed by atoms with Crippen LogP contribution in [0.15, 0.2) is 35.4 Å². The molecule has 4 aromatic heterocycles. The van der Waals surface area contributed by atoms with E-state index in [1.54, 1.807) is 24.8 Å². The monoisotopic (exact) mass is 725 g/mol. The average Bonchev–Trinajstić information content (AvgIpc) is 3.76. The van der Waals surface area contributed by atoms with Crippen LogP contribution in [0, 0.1) is 20.8 Å². The Hall–Kier alpha value is -5.16. The number of likely N-dealkylation sites (tertiary alicyclic amines) is 1. The fraction of sp³-hybridized carbons (Fsp3) is 0.312. The Morgan fingerprint density at radius 1 is 1.10 bits per heavy atom. The van der Waals surface area contributed by atoms with Gasteiger partial charge in [-0.3, -0.25) is 14.4 Å². The molecule has 0 unspecified atom stereocenters. The Labute approximate surface area is 290 Å². The van der Waals surface area contributed by atoms with Crippen LogP contribution < -0.4 is 10.9 Å². The number of hydrogen-bond donors (Lipinski definition) is 2. The smallest absolute Gasteiger partial charge is 0.416 e. The number of nitrogens with zero attached hydrogens (tertiary/aromatic N) is 8. The van der Waals surface area contributed by atoms with E-state index in [2.05, 4.69) is 30.4 Å². The number of halogens is 4. The lowest BCUT2D eigenvalue weighted by molar-refractivity contribution is -0.137. The number of carbonyl (C=O) groups excluding carboxylic acids is 2. The number of anilines is 1. The lowest BCUT2D eigenvalue weighted by atomic mass is 9.75. The fourth-order valence-corrected chi connectivity index (χ4v) is 7.53. The highest BCUT2D eigenvalue weighted by Gasteiger charge is 2.44. The lowest BCUT2D eigenvalue weighted by Gasteiger charge is -2.38. The fourth-order valence-electron chi connectivity index (χ4n) is 6.45. The number of aryl methyl sites for hydroxylation is 3. The molecule has 0 saturated carbocycles. The third-order valence-corrected chi connectivity index (χ3v) is 10.4. The van der Waals surface area contributed by atoms with Gasteiger partial charge in [-0.2, -0.15) is 22.7 Å². The molecule has 5 aromatic rings. The number of piperidine rings is 1. The summed E-state index contributed by atoms with van der Waals surface area (Å²) < 4.78 is 42.3. The summed E-state index contributed by atoms with van der Waals surface area (Å²) in [6, 6.07) is 2.62. The number of thiazole rings is 1. The Morgan fingerprint density at radius 2 is 1.84 bits per heavy atom. The van der Waals surface area contributed by atoms with Crippen LogP contribution in [0.25, 0.3) is 22.6 Å². The quantitative estimate of drug-likeness (QED) is 0.256. The van der Waals surface area contributed by atoms with Gasteiger partial charge in [-0.25, -0.2) is 15.0 Å². The van der Waals surface area contributed by atoms with E-state index in [9.17, 15) is 32.7 Å². The van der Waals surface area contributed by atoms with E-state index >= 15 is 0 Å². The second-order valence-electron chi connectivity index (χ2n) is 12.1. The topological polar surface area (TPSA) is 160 Å². The maximum Gasteiger partial charge on any atom is 0.416 e. The van der Waals surface area contributed by atoms with Crippen molar-refractivity contribution in [3.63, 3.8) is 0 Å². The highest BCUT2D eigenvalue weighted by atomic mass is 35.5. The van der Waals surface area contributed by atoms with E-state index in [-0.39, 0.29) is 59.1 Å². The van der Waals surface area contributed by atoms with Gasteiger partial charge in [-0.05, 0) is 57.9 Å². The van der Waals surface area contributed by atoms with Crippen molar-refractivity contribution in [2.75, 3.05) is 18.4 Å². The summed E-state index contributed by atoms with van der Waals surface area (Å²) in [4.78, 5) is 60.3. The van der Waals surface area contributed by atoms with Gasteiger partial charge in [-0.1, -0.05) is 17.7 Å². The molecule has 0 bridgehead atoms. The zero-order chi connectivity index (χ0) is 35.7. The number of allylic oxidation sites excluding steroid dienone is 1. The molecule has 18 heteroatoms. The molecular formula is C32H27ClF3N9O4S. The second kappa shape index (κ2) is 12.0. The Bertz CT molecular complexity index is 2320. The number of fused-ring (bicyclic) bond motifs is 3. The highest BCUT2D eigenvalue weighted by Crippen LogP contribution is 2.43.